The molecule has 0 unspecified atom stereocenters. The summed E-state index contributed by atoms with van der Waals surface area (Å²) in [6.45, 7) is 1.65. The van der Waals surface area contributed by atoms with Gasteiger partial charge in [-0.15, -0.1) is 5.10 Å². The van der Waals surface area contributed by atoms with E-state index in [-0.39, 0.29) is 11.3 Å². The average Bonchev–Trinajstić information content (AvgIpc) is 2.75. The fourth-order valence-electron chi connectivity index (χ4n) is 1.47. The minimum absolute atomic E-state index is 0.0299. The average molecular weight is 278 g/mol. The number of aryl methyl sites for hydroxylation is 1. The van der Waals surface area contributed by atoms with Crippen LogP contribution in [0.15, 0.2) is 18.2 Å². The molecule has 1 aromatic heterocycles. The molecule has 0 saturated heterocycles. The van der Waals surface area contributed by atoms with Crippen LogP contribution in [-0.4, -0.2) is 26.6 Å². The molecule has 1 amide bonds. The van der Waals surface area contributed by atoms with E-state index in [2.05, 4.69) is 14.9 Å². The SMILES string of the molecule is Cc1nnsc1C(=O)Nc1cc(N)ccc1C(=O)O. The molecule has 8 heteroatoms. The number of nitrogen functional groups attached to an aromatic ring is 1. The molecular formula is C11H10N4O3S. The first-order valence-corrected chi connectivity index (χ1v) is 5.99. The number of anilines is 2. The first kappa shape index (κ1) is 13.0. The zero-order valence-electron chi connectivity index (χ0n) is 9.88. The zero-order valence-corrected chi connectivity index (χ0v) is 10.7. The van der Waals surface area contributed by atoms with Crippen LogP contribution in [0, 0.1) is 6.92 Å². The normalized spacial score (nSPS) is 10.2. The van der Waals surface area contributed by atoms with Crippen molar-refractivity contribution in [1.29, 1.82) is 0 Å². The lowest BCUT2D eigenvalue weighted by Gasteiger charge is -2.08. The van der Waals surface area contributed by atoms with Gasteiger partial charge in [0.1, 0.15) is 4.88 Å². The van der Waals surface area contributed by atoms with Crippen molar-refractivity contribution in [3.63, 3.8) is 0 Å². The van der Waals surface area contributed by atoms with E-state index in [0.717, 1.165) is 11.5 Å². The second-order valence-electron chi connectivity index (χ2n) is 3.75. The van der Waals surface area contributed by atoms with Crippen molar-refractivity contribution in [3.8, 4) is 0 Å². The molecule has 4 N–H and O–H groups in total. The number of benzene rings is 1. The van der Waals surface area contributed by atoms with Crippen molar-refractivity contribution < 1.29 is 14.7 Å². The van der Waals surface area contributed by atoms with Gasteiger partial charge < -0.3 is 16.2 Å². The number of nitrogens with one attached hydrogen (secondary N) is 1. The molecule has 2 rings (SSSR count). The number of rotatable bonds is 3. The number of aromatic nitrogens is 2. The van der Waals surface area contributed by atoms with Gasteiger partial charge in [0.15, 0.2) is 0 Å². The van der Waals surface area contributed by atoms with Gasteiger partial charge in [-0.05, 0) is 36.7 Å². The number of nitrogens with two attached hydrogens (primary N) is 1. The van der Waals surface area contributed by atoms with Crippen molar-refractivity contribution in [2.24, 2.45) is 0 Å². The van der Waals surface area contributed by atoms with Gasteiger partial charge in [-0.2, -0.15) is 0 Å². The Morgan fingerprint density at radius 2 is 2.16 bits per heavy atom. The standard InChI is InChI=1S/C11H10N4O3S/c1-5-9(19-15-14-5)10(16)13-8-4-6(12)2-3-7(8)11(17)18/h2-4H,12H2,1H3,(H,13,16)(H,17,18). The number of carbonyl (C=O) groups excluding carboxylic acids is 1. The Morgan fingerprint density at radius 3 is 2.74 bits per heavy atom. The van der Waals surface area contributed by atoms with Crippen LogP contribution in [0.25, 0.3) is 0 Å². The van der Waals surface area contributed by atoms with Crippen LogP contribution in [-0.2, 0) is 0 Å². The summed E-state index contributed by atoms with van der Waals surface area (Å²) in [6.07, 6.45) is 0. The number of carboxylic acid groups (broad SMARTS) is 1. The van der Waals surface area contributed by atoms with Gasteiger partial charge in [0, 0.05) is 5.69 Å². The molecule has 0 fully saturated rings. The molecule has 0 aliphatic rings. The van der Waals surface area contributed by atoms with E-state index in [1.165, 1.54) is 18.2 Å². The molecule has 98 valence electrons. The molecule has 1 heterocycles. The maximum Gasteiger partial charge on any atom is 0.337 e. The first-order chi connectivity index (χ1) is 8.99. The molecule has 0 bridgehead atoms. The van der Waals surface area contributed by atoms with E-state index < -0.39 is 11.9 Å². The summed E-state index contributed by atoms with van der Waals surface area (Å²) < 4.78 is 3.65. The van der Waals surface area contributed by atoms with Crippen LogP contribution in [0.4, 0.5) is 11.4 Å². The van der Waals surface area contributed by atoms with Crippen molar-refractivity contribution in [2.45, 2.75) is 6.92 Å². The number of carbonyl (C=O) groups is 2. The molecule has 0 aliphatic heterocycles. The fourth-order valence-corrected chi connectivity index (χ4v) is 2.02. The molecule has 7 nitrogen and oxygen atoms in total. The first-order valence-electron chi connectivity index (χ1n) is 5.22. The van der Waals surface area contributed by atoms with E-state index in [9.17, 15) is 9.59 Å². The molecule has 0 radical (unpaired) electrons. The largest absolute Gasteiger partial charge is 0.478 e. The Balaban J connectivity index is 2.33. The van der Waals surface area contributed by atoms with Gasteiger partial charge >= 0.3 is 5.97 Å². The second kappa shape index (κ2) is 5.02. The number of amides is 1. The number of nitrogens with zero attached hydrogens (tertiary/aromatic N) is 2. The Kier molecular flexibility index (Phi) is 3.43. The third-order valence-corrected chi connectivity index (χ3v) is 3.21. The summed E-state index contributed by atoms with van der Waals surface area (Å²) in [6, 6.07) is 4.19. The van der Waals surface area contributed by atoms with Crippen molar-refractivity contribution in [1.82, 2.24) is 9.59 Å². The van der Waals surface area contributed by atoms with E-state index >= 15 is 0 Å². The predicted molar refractivity (Wildman–Crippen MR) is 70.4 cm³/mol. The highest BCUT2D eigenvalue weighted by Gasteiger charge is 2.17. The fraction of sp³-hybridized carbons (Fsp3) is 0.0909. The topological polar surface area (TPSA) is 118 Å². The van der Waals surface area contributed by atoms with Gasteiger partial charge in [-0.3, -0.25) is 4.79 Å². The molecule has 0 atom stereocenters. The van der Waals surface area contributed by atoms with E-state index in [1.54, 1.807) is 6.92 Å². The summed E-state index contributed by atoms with van der Waals surface area (Å²) in [7, 11) is 0. The lowest BCUT2D eigenvalue weighted by molar-refractivity contribution is 0.0698. The number of hydrogen-bond acceptors (Lipinski definition) is 6. The van der Waals surface area contributed by atoms with Crippen molar-refractivity contribution in [2.75, 3.05) is 11.1 Å². The molecule has 0 saturated carbocycles. The highest BCUT2D eigenvalue weighted by molar-refractivity contribution is 7.08. The quantitative estimate of drug-likeness (QED) is 0.730. The Labute approximate surface area is 112 Å². The smallest absolute Gasteiger partial charge is 0.337 e. The molecular weight excluding hydrogens is 268 g/mol. The highest BCUT2D eigenvalue weighted by Crippen LogP contribution is 2.21. The highest BCUT2D eigenvalue weighted by atomic mass is 32.1. The van der Waals surface area contributed by atoms with E-state index in [0.29, 0.717) is 16.3 Å². The van der Waals surface area contributed by atoms with Crippen LogP contribution < -0.4 is 11.1 Å². The Bertz CT molecular complexity index is 653. The number of aromatic carboxylic acids is 1. The van der Waals surface area contributed by atoms with Gasteiger partial charge in [0.2, 0.25) is 0 Å². The molecule has 2 aromatic rings. The third kappa shape index (κ3) is 2.68. The van der Waals surface area contributed by atoms with Crippen molar-refractivity contribution >= 4 is 34.8 Å². The van der Waals surface area contributed by atoms with Gasteiger partial charge in [0.25, 0.3) is 5.91 Å². The summed E-state index contributed by atoms with van der Waals surface area (Å²) in [5.74, 6) is -1.60. The summed E-state index contributed by atoms with van der Waals surface area (Å²) in [5.41, 5.74) is 6.55. The molecule has 19 heavy (non-hydrogen) atoms. The van der Waals surface area contributed by atoms with E-state index in [1.807, 2.05) is 0 Å². The van der Waals surface area contributed by atoms with Crippen LogP contribution in [0.2, 0.25) is 0 Å². The number of hydrogen-bond donors (Lipinski definition) is 3. The zero-order chi connectivity index (χ0) is 14.0. The van der Waals surface area contributed by atoms with Gasteiger partial charge in [0.05, 0.1) is 16.9 Å². The Morgan fingerprint density at radius 1 is 1.42 bits per heavy atom. The second-order valence-corrected chi connectivity index (χ2v) is 4.51. The van der Waals surface area contributed by atoms with Gasteiger partial charge in [-0.1, -0.05) is 4.49 Å². The third-order valence-electron chi connectivity index (χ3n) is 2.38. The minimum Gasteiger partial charge on any atom is -0.478 e. The molecule has 0 aliphatic carbocycles. The lowest BCUT2D eigenvalue weighted by Crippen LogP contribution is -2.15. The summed E-state index contributed by atoms with van der Waals surface area (Å²) in [5, 5.41) is 15.3. The maximum absolute atomic E-state index is 12.0. The maximum atomic E-state index is 12.0. The van der Waals surface area contributed by atoms with Gasteiger partial charge in [-0.25, -0.2) is 4.79 Å². The number of carboxylic acids is 1. The van der Waals surface area contributed by atoms with Crippen LogP contribution in [0.5, 0.6) is 0 Å². The van der Waals surface area contributed by atoms with Crippen LogP contribution in [0.3, 0.4) is 0 Å². The summed E-state index contributed by atoms with van der Waals surface area (Å²) >= 11 is 0.944. The summed E-state index contributed by atoms with van der Waals surface area (Å²) in [4.78, 5) is 23.4. The predicted octanol–water partition coefficient (Wildman–Crippen LogP) is 1.38. The van der Waals surface area contributed by atoms with E-state index in [4.69, 9.17) is 10.8 Å². The molecule has 0 spiro atoms. The van der Waals surface area contributed by atoms with Crippen molar-refractivity contribution in [3.05, 3.63) is 34.3 Å². The van der Waals surface area contributed by atoms with Crippen LogP contribution in [0.1, 0.15) is 25.7 Å². The van der Waals surface area contributed by atoms with Crippen LogP contribution >= 0.6 is 11.5 Å². The lowest BCUT2D eigenvalue weighted by atomic mass is 10.1. The minimum atomic E-state index is -1.14. The Hall–Kier alpha value is -2.48. The monoisotopic (exact) mass is 278 g/mol. The molecule has 1 aromatic carbocycles.